The maximum atomic E-state index is 11.9. The van der Waals surface area contributed by atoms with Crippen molar-refractivity contribution in [3.8, 4) is 0 Å². The van der Waals surface area contributed by atoms with Gasteiger partial charge < -0.3 is 16.4 Å². The topological polar surface area (TPSA) is 133 Å². The quantitative estimate of drug-likeness (QED) is 0.399. The smallest absolute Gasteiger partial charge is 0.242 e. The van der Waals surface area contributed by atoms with Crippen molar-refractivity contribution in [3.63, 3.8) is 0 Å². The number of ketones is 1. The highest BCUT2D eigenvalue weighted by molar-refractivity contribution is 5.94. The highest BCUT2D eigenvalue weighted by atomic mass is 16.1. The van der Waals surface area contributed by atoms with Crippen LogP contribution in [0, 0.1) is 5.41 Å². The van der Waals surface area contributed by atoms with Gasteiger partial charge in [0.05, 0.1) is 12.5 Å². The summed E-state index contributed by atoms with van der Waals surface area (Å²) in [4.78, 5) is 16.2. The van der Waals surface area contributed by atoms with E-state index in [1.807, 2.05) is 19.1 Å². The lowest BCUT2D eigenvalue weighted by Gasteiger charge is -2.09. The minimum absolute atomic E-state index is 0.0482. The van der Waals surface area contributed by atoms with Crippen molar-refractivity contribution in [1.29, 1.82) is 5.41 Å². The van der Waals surface area contributed by atoms with Gasteiger partial charge in [-0.3, -0.25) is 15.3 Å². The van der Waals surface area contributed by atoms with Gasteiger partial charge in [0.15, 0.2) is 5.78 Å². The molecule has 3 rings (SSSR count). The van der Waals surface area contributed by atoms with Gasteiger partial charge in [0.2, 0.25) is 5.95 Å². The van der Waals surface area contributed by atoms with Gasteiger partial charge in [0.25, 0.3) is 0 Å². The number of Topliss-reactive ketones (excluding diaryl/α,β-unsaturated/α-hetero) is 1. The molecule has 23 heavy (non-hydrogen) atoms. The molecule has 1 aromatic heterocycles. The van der Waals surface area contributed by atoms with Crippen molar-refractivity contribution in [3.05, 3.63) is 41.2 Å². The fraction of sp³-hybridized carbons (Fsp3) is 0.333. The number of benzene rings is 1. The lowest BCUT2D eigenvalue weighted by Crippen LogP contribution is -2.22. The lowest BCUT2D eigenvalue weighted by molar-refractivity contribution is -0.117. The molecule has 2 heterocycles. The summed E-state index contributed by atoms with van der Waals surface area (Å²) in [6.07, 6.45) is 0. The zero-order valence-corrected chi connectivity index (χ0v) is 12.8. The van der Waals surface area contributed by atoms with E-state index in [1.54, 1.807) is 12.1 Å². The third-order valence-electron chi connectivity index (χ3n) is 3.96. The summed E-state index contributed by atoms with van der Waals surface area (Å²) in [5.74, 6) is 0.949. The number of nitrogens with one attached hydrogen (secondary N) is 4. The molecule has 1 saturated heterocycles. The third kappa shape index (κ3) is 3.21. The molecule has 8 nitrogen and oxygen atoms in total. The molecule has 0 saturated carbocycles. The summed E-state index contributed by atoms with van der Waals surface area (Å²) in [6.45, 7) is 2.88. The van der Waals surface area contributed by atoms with Crippen LogP contribution in [-0.2, 0) is 11.3 Å². The normalized spacial score (nSPS) is 20.7. The van der Waals surface area contributed by atoms with Crippen molar-refractivity contribution in [2.24, 2.45) is 5.73 Å². The second-order valence-corrected chi connectivity index (χ2v) is 5.62. The molecule has 1 aliphatic heterocycles. The molecule has 1 aliphatic rings. The molecule has 2 aromatic rings. The summed E-state index contributed by atoms with van der Waals surface area (Å²) in [5.41, 5.74) is 7.14. The number of hydrogen-bond donors (Lipinski definition) is 5. The first-order chi connectivity index (χ1) is 11.0. The maximum absolute atomic E-state index is 11.9. The van der Waals surface area contributed by atoms with Crippen molar-refractivity contribution < 1.29 is 4.79 Å². The summed E-state index contributed by atoms with van der Waals surface area (Å²) in [7, 11) is 0. The first-order valence-electron chi connectivity index (χ1n) is 7.40. The molecule has 0 bridgehead atoms. The predicted octanol–water partition coefficient (Wildman–Crippen LogP) is 0.345. The van der Waals surface area contributed by atoms with Crippen LogP contribution >= 0.6 is 0 Å². The van der Waals surface area contributed by atoms with Gasteiger partial charge in [-0.2, -0.15) is 4.98 Å². The van der Waals surface area contributed by atoms with Crippen LogP contribution in [0.15, 0.2) is 24.3 Å². The van der Waals surface area contributed by atoms with E-state index in [-0.39, 0.29) is 23.6 Å². The van der Waals surface area contributed by atoms with Crippen LogP contribution in [0.2, 0.25) is 0 Å². The zero-order valence-electron chi connectivity index (χ0n) is 12.8. The first kappa shape index (κ1) is 15.2. The number of carbonyl (C=O) groups excluding carboxylic acids is 1. The highest BCUT2D eigenvalue weighted by Crippen LogP contribution is 2.22. The minimum Gasteiger partial charge on any atom is -0.384 e. The SMILES string of the molecule is CC1NCC(=O)C1c1nc(NCc2ccc(C(=N)N)cc2)n[nH]1. The van der Waals surface area contributed by atoms with E-state index >= 15 is 0 Å². The van der Waals surface area contributed by atoms with Gasteiger partial charge in [-0.25, -0.2) is 0 Å². The number of hydrogen-bond acceptors (Lipinski definition) is 6. The minimum atomic E-state index is -0.270. The van der Waals surface area contributed by atoms with Crippen LogP contribution in [0.1, 0.15) is 29.8 Å². The number of nitrogens with zero attached hydrogens (tertiary/aromatic N) is 2. The van der Waals surface area contributed by atoms with Gasteiger partial charge >= 0.3 is 0 Å². The van der Waals surface area contributed by atoms with E-state index in [0.29, 0.717) is 30.4 Å². The molecule has 0 aliphatic carbocycles. The Morgan fingerprint density at radius 2 is 2.17 bits per heavy atom. The molecule has 8 heteroatoms. The van der Waals surface area contributed by atoms with Crippen LogP contribution in [0.3, 0.4) is 0 Å². The molecule has 1 fully saturated rings. The average Bonchev–Trinajstić information content (AvgIpc) is 3.12. The van der Waals surface area contributed by atoms with Crippen LogP contribution in [-0.4, -0.2) is 39.4 Å². The van der Waals surface area contributed by atoms with Gasteiger partial charge in [-0.05, 0) is 12.5 Å². The molecule has 120 valence electrons. The third-order valence-corrected chi connectivity index (χ3v) is 3.96. The number of anilines is 1. The van der Waals surface area contributed by atoms with Crippen LogP contribution in [0.4, 0.5) is 5.95 Å². The summed E-state index contributed by atoms with van der Waals surface area (Å²) < 4.78 is 0. The summed E-state index contributed by atoms with van der Waals surface area (Å²) >= 11 is 0. The molecule has 1 aromatic carbocycles. The van der Waals surface area contributed by atoms with Crippen molar-refractivity contribution in [2.75, 3.05) is 11.9 Å². The summed E-state index contributed by atoms with van der Waals surface area (Å²) in [5, 5.41) is 20.5. The number of aromatic nitrogens is 3. The zero-order chi connectivity index (χ0) is 16.4. The molecular formula is C15H19N7O. The second kappa shape index (κ2) is 6.17. The van der Waals surface area contributed by atoms with E-state index in [1.165, 1.54) is 0 Å². The number of amidine groups is 1. The van der Waals surface area contributed by atoms with E-state index in [0.717, 1.165) is 5.56 Å². The molecule has 0 spiro atoms. The van der Waals surface area contributed by atoms with E-state index in [4.69, 9.17) is 11.1 Å². The Hall–Kier alpha value is -2.74. The molecule has 2 unspecified atom stereocenters. The van der Waals surface area contributed by atoms with Crippen LogP contribution in [0.25, 0.3) is 0 Å². The maximum Gasteiger partial charge on any atom is 0.242 e. The number of aromatic amines is 1. The second-order valence-electron chi connectivity index (χ2n) is 5.62. The van der Waals surface area contributed by atoms with Crippen molar-refractivity contribution >= 4 is 17.6 Å². The standard InChI is InChI=1S/C15H19N7O/c1-8-12(11(23)7-18-8)14-20-15(22-21-14)19-6-9-2-4-10(5-3-9)13(16)17/h2-5,8,12,18H,6-7H2,1H3,(H3,16,17)(H2,19,20,21,22). The Labute approximate surface area is 133 Å². The fourth-order valence-corrected chi connectivity index (χ4v) is 2.63. The Balaban J connectivity index is 1.63. The van der Waals surface area contributed by atoms with Crippen molar-refractivity contribution in [2.45, 2.75) is 25.4 Å². The Morgan fingerprint density at radius 3 is 2.78 bits per heavy atom. The van der Waals surface area contributed by atoms with Gasteiger partial charge in [-0.15, -0.1) is 5.10 Å². The van der Waals surface area contributed by atoms with E-state index < -0.39 is 0 Å². The number of H-pyrrole nitrogens is 1. The molecular weight excluding hydrogens is 294 g/mol. The molecule has 6 N–H and O–H groups in total. The predicted molar refractivity (Wildman–Crippen MR) is 86.4 cm³/mol. The van der Waals surface area contributed by atoms with Crippen molar-refractivity contribution in [1.82, 2.24) is 20.5 Å². The number of nitrogen functional groups attached to an aromatic ring is 1. The average molecular weight is 313 g/mol. The van der Waals surface area contributed by atoms with E-state index in [9.17, 15) is 4.79 Å². The number of carbonyl (C=O) groups is 1. The van der Waals surface area contributed by atoms with Crippen LogP contribution < -0.4 is 16.4 Å². The summed E-state index contributed by atoms with van der Waals surface area (Å²) in [6, 6.07) is 7.44. The Bertz CT molecular complexity index is 722. The van der Waals surface area contributed by atoms with Gasteiger partial charge in [-0.1, -0.05) is 24.3 Å². The number of nitrogens with two attached hydrogens (primary N) is 1. The first-order valence-corrected chi connectivity index (χ1v) is 7.40. The van der Waals surface area contributed by atoms with Crippen LogP contribution in [0.5, 0.6) is 0 Å². The molecule has 0 amide bonds. The monoisotopic (exact) mass is 313 g/mol. The fourth-order valence-electron chi connectivity index (χ4n) is 2.63. The highest BCUT2D eigenvalue weighted by Gasteiger charge is 2.35. The largest absolute Gasteiger partial charge is 0.384 e. The van der Waals surface area contributed by atoms with E-state index in [2.05, 4.69) is 25.8 Å². The number of rotatable bonds is 5. The molecule has 2 atom stereocenters. The van der Waals surface area contributed by atoms with Gasteiger partial charge in [0.1, 0.15) is 11.7 Å². The molecule has 0 radical (unpaired) electrons. The Morgan fingerprint density at radius 1 is 1.43 bits per heavy atom. The lowest BCUT2D eigenvalue weighted by atomic mass is 10.0. The Kier molecular flexibility index (Phi) is 4.07. The van der Waals surface area contributed by atoms with Gasteiger partial charge in [0, 0.05) is 18.2 Å².